The number of aromatic nitrogens is 2. The highest BCUT2D eigenvalue weighted by atomic mass is 16.5. The van der Waals surface area contributed by atoms with Gasteiger partial charge in [0.05, 0.1) is 6.10 Å². The van der Waals surface area contributed by atoms with Crippen molar-refractivity contribution >= 4 is 11.6 Å². The summed E-state index contributed by atoms with van der Waals surface area (Å²) in [5.41, 5.74) is 2.62. The minimum absolute atomic E-state index is 0.223. The van der Waals surface area contributed by atoms with Gasteiger partial charge in [-0.05, 0) is 19.8 Å². The Balaban J connectivity index is 2.23. The molecule has 6 heteroatoms. The quantitative estimate of drug-likeness (QED) is 0.632. The number of hydrogen-bond acceptors (Lipinski definition) is 6. The van der Waals surface area contributed by atoms with Crippen molar-refractivity contribution in [3.8, 4) is 0 Å². The van der Waals surface area contributed by atoms with E-state index in [0.717, 1.165) is 50.6 Å². The van der Waals surface area contributed by atoms with Gasteiger partial charge < -0.3 is 15.1 Å². The molecule has 0 saturated carbocycles. The zero-order valence-electron chi connectivity index (χ0n) is 11.7. The maximum absolute atomic E-state index is 5.66. The molecular formula is C13H23N5O. The fourth-order valence-electron chi connectivity index (χ4n) is 2.26. The Hall–Kier alpha value is -1.40. The number of nitrogens with zero attached hydrogens (tertiary/aromatic N) is 3. The molecule has 0 aliphatic carbocycles. The van der Waals surface area contributed by atoms with Gasteiger partial charge in [0.1, 0.15) is 17.5 Å². The minimum Gasteiger partial charge on any atom is -0.377 e. The summed E-state index contributed by atoms with van der Waals surface area (Å²) in [5.74, 6) is 7.93. The number of hydrogen-bond donors (Lipinski definition) is 2. The molecule has 0 spiro atoms. The Kier molecular flexibility index (Phi) is 4.93. The SMILES string of the molecule is CCCc1nc(NN)cc(N2CCCOC(C)C2)n1. The number of nitrogen functional groups attached to an aromatic ring is 1. The molecule has 106 valence electrons. The van der Waals surface area contributed by atoms with Gasteiger partial charge in [-0.2, -0.15) is 0 Å². The van der Waals surface area contributed by atoms with E-state index < -0.39 is 0 Å². The second-order valence-corrected chi connectivity index (χ2v) is 4.90. The van der Waals surface area contributed by atoms with Crippen LogP contribution in [0.15, 0.2) is 6.07 Å². The molecule has 3 N–H and O–H groups in total. The molecule has 0 radical (unpaired) electrons. The van der Waals surface area contributed by atoms with Gasteiger partial charge in [-0.15, -0.1) is 0 Å². The first-order valence-corrected chi connectivity index (χ1v) is 6.94. The molecule has 1 aliphatic rings. The maximum atomic E-state index is 5.66. The second kappa shape index (κ2) is 6.68. The van der Waals surface area contributed by atoms with Crippen LogP contribution in [0.3, 0.4) is 0 Å². The summed E-state index contributed by atoms with van der Waals surface area (Å²) < 4.78 is 5.66. The van der Waals surface area contributed by atoms with E-state index >= 15 is 0 Å². The minimum atomic E-state index is 0.223. The summed E-state index contributed by atoms with van der Waals surface area (Å²) in [7, 11) is 0. The lowest BCUT2D eigenvalue weighted by molar-refractivity contribution is 0.0820. The van der Waals surface area contributed by atoms with Gasteiger partial charge in [0.2, 0.25) is 0 Å². The Labute approximate surface area is 114 Å². The zero-order valence-corrected chi connectivity index (χ0v) is 11.7. The van der Waals surface area contributed by atoms with Gasteiger partial charge >= 0.3 is 0 Å². The van der Waals surface area contributed by atoms with Crippen molar-refractivity contribution in [3.05, 3.63) is 11.9 Å². The third-order valence-corrected chi connectivity index (χ3v) is 3.16. The third kappa shape index (κ3) is 3.78. The van der Waals surface area contributed by atoms with Gasteiger partial charge in [0.25, 0.3) is 0 Å². The summed E-state index contributed by atoms with van der Waals surface area (Å²) in [6.45, 7) is 6.83. The summed E-state index contributed by atoms with van der Waals surface area (Å²) in [4.78, 5) is 11.3. The molecule has 6 nitrogen and oxygen atoms in total. The van der Waals surface area contributed by atoms with Crippen molar-refractivity contribution in [3.63, 3.8) is 0 Å². The van der Waals surface area contributed by atoms with E-state index in [4.69, 9.17) is 10.6 Å². The summed E-state index contributed by atoms with van der Waals surface area (Å²) in [6, 6.07) is 1.90. The molecule has 0 bridgehead atoms. The fourth-order valence-corrected chi connectivity index (χ4v) is 2.26. The average Bonchev–Trinajstić information content (AvgIpc) is 2.63. The highest BCUT2D eigenvalue weighted by Gasteiger charge is 2.17. The first-order chi connectivity index (χ1) is 9.22. The van der Waals surface area contributed by atoms with E-state index in [1.54, 1.807) is 0 Å². The van der Waals surface area contributed by atoms with Crippen molar-refractivity contribution in [2.45, 2.75) is 39.2 Å². The van der Waals surface area contributed by atoms with E-state index in [-0.39, 0.29) is 6.10 Å². The van der Waals surface area contributed by atoms with Crippen molar-refractivity contribution < 1.29 is 4.74 Å². The van der Waals surface area contributed by atoms with E-state index in [9.17, 15) is 0 Å². The molecule has 1 aromatic rings. The molecule has 19 heavy (non-hydrogen) atoms. The first kappa shape index (κ1) is 14.0. The van der Waals surface area contributed by atoms with E-state index in [0.29, 0.717) is 5.82 Å². The number of nitrogens with one attached hydrogen (secondary N) is 1. The number of nitrogens with two attached hydrogens (primary N) is 1. The molecule has 1 unspecified atom stereocenters. The second-order valence-electron chi connectivity index (χ2n) is 4.90. The van der Waals surface area contributed by atoms with Crippen molar-refractivity contribution in [2.24, 2.45) is 5.84 Å². The van der Waals surface area contributed by atoms with Crippen LogP contribution in [0, 0.1) is 0 Å². The summed E-state index contributed by atoms with van der Waals surface area (Å²) >= 11 is 0. The first-order valence-electron chi connectivity index (χ1n) is 6.94. The largest absolute Gasteiger partial charge is 0.377 e. The Morgan fingerprint density at radius 1 is 1.53 bits per heavy atom. The summed E-state index contributed by atoms with van der Waals surface area (Å²) in [5, 5.41) is 0. The van der Waals surface area contributed by atoms with E-state index in [1.807, 2.05) is 6.07 Å². The van der Waals surface area contributed by atoms with Gasteiger partial charge in [-0.25, -0.2) is 15.8 Å². The molecule has 0 amide bonds. The fraction of sp³-hybridized carbons (Fsp3) is 0.692. The molecule has 0 aromatic carbocycles. The Bertz CT molecular complexity index is 412. The molecule has 1 aromatic heterocycles. The van der Waals surface area contributed by atoms with Gasteiger partial charge in [0.15, 0.2) is 0 Å². The van der Waals surface area contributed by atoms with Gasteiger partial charge in [-0.3, -0.25) is 0 Å². The van der Waals surface area contributed by atoms with Gasteiger partial charge in [0, 0.05) is 32.2 Å². The highest BCUT2D eigenvalue weighted by Crippen LogP contribution is 2.19. The number of rotatable bonds is 4. The molecule has 1 atom stereocenters. The predicted octanol–water partition coefficient (Wildman–Crippen LogP) is 1.33. The summed E-state index contributed by atoms with van der Waals surface area (Å²) in [6.07, 6.45) is 3.12. The van der Waals surface area contributed by atoms with Crippen molar-refractivity contribution in [1.82, 2.24) is 9.97 Å². The third-order valence-electron chi connectivity index (χ3n) is 3.16. The zero-order chi connectivity index (χ0) is 13.7. The van der Waals surface area contributed by atoms with E-state index in [2.05, 4.69) is 34.1 Å². The molecule has 2 heterocycles. The molecular weight excluding hydrogens is 242 g/mol. The molecule has 1 saturated heterocycles. The topological polar surface area (TPSA) is 76.3 Å². The lowest BCUT2D eigenvalue weighted by Gasteiger charge is -2.24. The van der Waals surface area contributed by atoms with Crippen LogP contribution < -0.4 is 16.2 Å². The standard InChI is InChI=1S/C13H23N5O/c1-3-5-11-15-12(17-14)8-13(16-11)18-6-4-7-19-10(2)9-18/h8,10H,3-7,9,14H2,1-2H3,(H,15,16,17). The van der Waals surface area contributed by atoms with Gasteiger partial charge in [-0.1, -0.05) is 6.92 Å². The van der Waals surface area contributed by atoms with Crippen LogP contribution in [0.4, 0.5) is 11.6 Å². The van der Waals surface area contributed by atoms with Crippen LogP contribution in [0.2, 0.25) is 0 Å². The predicted molar refractivity (Wildman–Crippen MR) is 76.1 cm³/mol. The molecule has 1 aliphatic heterocycles. The number of ether oxygens (including phenoxy) is 1. The highest BCUT2D eigenvalue weighted by molar-refractivity contribution is 5.49. The maximum Gasteiger partial charge on any atom is 0.145 e. The monoisotopic (exact) mass is 265 g/mol. The molecule has 2 rings (SSSR count). The Morgan fingerprint density at radius 3 is 3.11 bits per heavy atom. The van der Waals surface area contributed by atoms with Crippen LogP contribution in [0.1, 0.15) is 32.5 Å². The Morgan fingerprint density at radius 2 is 2.37 bits per heavy atom. The lowest BCUT2D eigenvalue weighted by atomic mass is 10.3. The smallest absolute Gasteiger partial charge is 0.145 e. The number of anilines is 2. The normalized spacial score (nSPS) is 20.2. The van der Waals surface area contributed by atoms with Crippen LogP contribution in [0.5, 0.6) is 0 Å². The van der Waals surface area contributed by atoms with Crippen LogP contribution in [-0.2, 0) is 11.2 Å². The van der Waals surface area contributed by atoms with Crippen LogP contribution in [-0.4, -0.2) is 35.8 Å². The lowest BCUT2D eigenvalue weighted by Crippen LogP contribution is -2.31. The van der Waals surface area contributed by atoms with Crippen molar-refractivity contribution in [2.75, 3.05) is 30.0 Å². The number of hydrazine groups is 1. The average molecular weight is 265 g/mol. The number of aryl methyl sites for hydroxylation is 1. The van der Waals surface area contributed by atoms with E-state index in [1.165, 1.54) is 0 Å². The van der Waals surface area contributed by atoms with Crippen LogP contribution in [0.25, 0.3) is 0 Å². The van der Waals surface area contributed by atoms with Crippen LogP contribution >= 0.6 is 0 Å². The molecule has 1 fully saturated rings. The van der Waals surface area contributed by atoms with Crippen molar-refractivity contribution in [1.29, 1.82) is 0 Å².